The number of hydrogen-bond acceptors (Lipinski definition) is 5. The van der Waals surface area contributed by atoms with Crippen LogP contribution in [0.3, 0.4) is 0 Å². The summed E-state index contributed by atoms with van der Waals surface area (Å²) in [4.78, 5) is 16.8. The van der Waals surface area contributed by atoms with Gasteiger partial charge >= 0.3 is 5.97 Å². The van der Waals surface area contributed by atoms with Gasteiger partial charge in [0, 0.05) is 26.4 Å². The Balaban J connectivity index is 2.83. The molecule has 6 heteroatoms. The van der Waals surface area contributed by atoms with Crippen LogP contribution in [-0.2, 0) is 4.74 Å². The highest BCUT2D eigenvalue weighted by Crippen LogP contribution is 2.22. The minimum atomic E-state index is -1.05. The number of aromatic nitrogens is 1. The van der Waals surface area contributed by atoms with E-state index in [9.17, 15) is 4.79 Å². The predicted molar refractivity (Wildman–Crippen MR) is 65.4 cm³/mol. The topological polar surface area (TPSA) is 88.7 Å². The van der Waals surface area contributed by atoms with Gasteiger partial charge < -0.3 is 20.5 Å². The van der Waals surface area contributed by atoms with Crippen molar-refractivity contribution < 1.29 is 14.6 Å². The van der Waals surface area contributed by atoms with Crippen LogP contribution >= 0.6 is 0 Å². The molecule has 1 aromatic rings. The zero-order valence-electron chi connectivity index (χ0n) is 10.0. The van der Waals surface area contributed by atoms with Crippen LogP contribution in [0.2, 0.25) is 0 Å². The average molecular weight is 239 g/mol. The molecule has 0 amide bonds. The zero-order valence-corrected chi connectivity index (χ0v) is 10.0. The van der Waals surface area contributed by atoms with Gasteiger partial charge in [-0.05, 0) is 13.0 Å². The lowest BCUT2D eigenvalue weighted by Crippen LogP contribution is -2.25. The molecule has 0 aliphatic heterocycles. The molecule has 0 aromatic carbocycles. The van der Waals surface area contributed by atoms with Crippen LogP contribution in [0.25, 0.3) is 0 Å². The fourth-order valence-electron chi connectivity index (χ4n) is 1.40. The summed E-state index contributed by atoms with van der Waals surface area (Å²) in [5.74, 6) is -0.589. The van der Waals surface area contributed by atoms with Crippen molar-refractivity contribution in [3.05, 3.63) is 17.8 Å². The predicted octanol–water partition coefficient (Wildman–Crippen LogP) is 0.835. The van der Waals surface area contributed by atoms with Crippen LogP contribution < -0.4 is 10.6 Å². The lowest BCUT2D eigenvalue weighted by Gasteiger charge is -2.20. The molecule has 0 fully saturated rings. The molecule has 0 saturated heterocycles. The third-order valence-corrected chi connectivity index (χ3v) is 2.34. The van der Waals surface area contributed by atoms with Crippen LogP contribution in [0.5, 0.6) is 0 Å². The van der Waals surface area contributed by atoms with E-state index in [1.54, 1.807) is 11.9 Å². The van der Waals surface area contributed by atoms with Gasteiger partial charge in [0.25, 0.3) is 0 Å². The van der Waals surface area contributed by atoms with E-state index >= 15 is 0 Å². The Morgan fingerprint density at radius 3 is 2.94 bits per heavy atom. The van der Waals surface area contributed by atoms with Crippen molar-refractivity contribution >= 4 is 17.5 Å². The van der Waals surface area contributed by atoms with Gasteiger partial charge in [-0.3, -0.25) is 0 Å². The van der Waals surface area contributed by atoms with E-state index in [4.69, 9.17) is 15.6 Å². The van der Waals surface area contributed by atoms with Crippen molar-refractivity contribution in [3.8, 4) is 0 Å². The smallest absolute Gasteiger partial charge is 0.337 e. The minimum Gasteiger partial charge on any atom is -0.478 e. The van der Waals surface area contributed by atoms with Gasteiger partial charge in [0.15, 0.2) is 5.82 Å². The van der Waals surface area contributed by atoms with Crippen molar-refractivity contribution in [2.45, 2.75) is 6.92 Å². The number of hydrogen-bond donors (Lipinski definition) is 2. The Labute approximate surface area is 100 Å². The fraction of sp³-hybridized carbons (Fsp3) is 0.455. The lowest BCUT2D eigenvalue weighted by atomic mass is 10.2. The molecule has 0 atom stereocenters. The molecule has 0 aliphatic carbocycles. The summed E-state index contributed by atoms with van der Waals surface area (Å²) >= 11 is 0. The summed E-state index contributed by atoms with van der Waals surface area (Å²) in [5.41, 5.74) is 6.01. The van der Waals surface area contributed by atoms with Crippen LogP contribution in [0.1, 0.15) is 17.3 Å². The number of carbonyl (C=O) groups is 1. The summed E-state index contributed by atoms with van der Waals surface area (Å²) < 4.78 is 5.22. The molecular weight excluding hydrogens is 222 g/mol. The lowest BCUT2D eigenvalue weighted by molar-refractivity contribution is 0.0698. The molecule has 1 aromatic heterocycles. The third-order valence-electron chi connectivity index (χ3n) is 2.34. The van der Waals surface area contributed by atoms with E-state index in [-0.39, 0.29) is 11.3 Å². The molecule has 0 aliphatic rings. The van der Waals surface area contributed by atoms with E-state index in [0.29, 0.717) is 25.6 Å². The number of ether oxygens (including phenoxy) is 1. The molecule has 0 saturated carbocycles. The Bertz CT molecular complexity index is 396. The first-order valence-corrected chi connectivity index (χ1v) is 5.34. The van der Waals surface area contributed by atoms with Crippen molar-refractivity contribution in [3.63, 3.8) is 0 Å². The minimum absolute atomic E-state index is 0.0678. The molecule has 3 N–H and O–H groups in total. The van der Waals surface area contributed by atoms with Gasteiger partial charge in [0.1, 0.15) is 0 Å². The molecule has 17 heavy (non-hydrogen) atoms. The quantitative estimate of drug-likeness (QED) is 0.715. The zero-order chi connectivity index (χ0) is 12.8. The van der Waals surface area contributed by atoms with E-state index in [2.05, 4.69) is 4.98 Å². The number of carboxylic acids is 1. The number of carboxylic acid groups (broad SMARTS) is 1. The second-order valence-electron chi connectivity index (χ2n) is 3.52. The third kappa shape index (κ3) is 3.32. The maximum atomic E-state index is 10.9. The monoisotopic (exact) mass is 239 g/mol. The Morgan fingerprint density at radius 2 is 2.35 bits per heavy atom. The number of nitrogen functional groups attached to an aromatic ring is 1. The summed E-state index contributed by atoms with van der Waals surface area (Å²) in [7, 11) is 1.79. The summed E-state index contributed by atoms with van der Waals surface area (Å²) in [6.45, 7) is 3.71. The summed E-state index contributed by atoms with van der Waals surface area (Å²) in [6.07, 6.45) is 1.44. The standard InChI is InChI=1S/C11H17N3O3/c1-3-17-7-6-14(2)10-9(12)8(11(15)16)4-5-13-10/h4-5H,3,6-7,12H2,1-2H3,(H,15,16). The number of likely N-dealkylation sites (N-methyl/N-ethyl adjacent to an activating group) is 1. The number of nitrogens with zero attached hydrogens (tertiary/aromatic N) is 2. The van der Waals surface area contributed by atoms with Crippen LogP contribution in [0.15, 0.2) is 12.3 Å². The number of pyridine rings is 1. The van der Waals surface area contributed by atoms with Crippen LogP contribution in [0, 0.1) is 0 Å². The maximum absolute atomic E-state index is 10.9. The number of anilines is 2. The Hall–Kier alpha value is -1.82. The number of rotatable bonds is 6. The molecular formula is C11H17N3O3. The van der Waals surface area contributed by atoms with Gasteiger partial charge in [0.2, 0.25) is 0 Å². The molecule has 0 unspecified atom stereocenters. The van der Waals surface area contributed by atoms with Crippen LogP contribution in [0.4, 0.5) is 11.5 Å². The van der Waals surface area contributed by atoms with Gasteiger partial charge in [0.05, 0.1) is 17.9 Å². The Kier molecular flexibility index (Phi) is 4.71. The van der Waals surface area contributed by atoms with Crippen molar-refractivity contribution in [2.75, 3.05) is 37.4 Å². The SMILES string of the molecule is CCOCCN(C)c1nccc(C(=O)O)c1N. The largest absolute Gasteiger partial charge is 0.478 e. The van der Waals surface area contributed by atoms with Gasteiger partial charge in [-0.2, -0.15) is 0 Å². The molecule has 0 radical (unpaired) electrons. The number of aromatic carboxylic acids is 1. The molecule has 94 valence electrons. The first-order chi connectivity index (χ1) is 8.07. The molecule has 1 rings (SSSR count). The summed E-state index contributed by atoms with van der Waals surface area (Å²) in [6, 6.07) is 1.39. The first kappa shape index (κ1) is 13.2. The molecule has 1 heterocycles. The van der Waals surface area contributed by atoms with Crippen molar-refractivity contribution in [1.82, 2.24) is 4.98 Å². The van der Waals surface area contributed by atoms with Crippen LogP contribution in [-0.4, -0.2) is 42.9 Å². The van der Waals surface area contributed by atoms with E-state index < -0.39 is 5.97 Å². The average Bonchev–Trinajstić information content (AvgIpc) is 2.29. The fourth-order valence-corrected chi connectivity index (χ4v) is 1.40. The maximum Gasteiger partial charge on any atom is 0.337 e. The second-order valence-corrected chi connectivity index (χ2v) is 3.52. The number of nitrogens with two attached hydrogens (primary N) is 1. The normalized spacial score (nSPS) is 10.2. The molecule has 6 nitrogen and oxygen atoms in total. The highest BCUT2D eigenvalue weighted by Gasteiger charge is 2.14. The highest BCUT2D eigenvalue weighted by atomic mass is 16.5. The summed E-state index contributed by atoms with van der Waals surface area (Å²) in [5, 5.41) is 8.94. The van der Waals surface area contributed by atoms with Crippen molar-refractivity contribution in [1.29, 1.82) is 0 Å². The van der Waals surface area contributed by atoms with E-state index in [0.717, 1.165) is 0 Å². The van der Waals surface area contributed by atoms with Gasteiger partial charge in [-0.1, -0.05) is 0 Å². The van der Waals surface area contributed by atoms with Gasteiger partial charge in [-0.15, -0.1) is 0 Å². The molecule has 0 bridgehead atoms. The van der Waals surface area contributed by atoms with E-state index in [1.807, 2.05) is 6.92 Å². The van der Waals surface area contributed by atoms with Crippen molar-refractivity contribution in [2.24, 2.45) is 0 Å². The second kappa shape index (κ2) is 6.05. The first-order valence-electron chi connectivity index (χ1n) is 5.34. The Morgan fingerprint density at radius 1 is 1.65 bits per heavy atom. The van der Waals surface area contributed by atoms with E-state index in [1.165, 1.54) is 12.3 Å². The molecule has 0 spiro atoms. The highest BCUT2D eigenvalue weighted by molar-refractivity contribution is 5.96. The van der Waals surface area contributed by atoms with Gasteiger partial charge in [-0.25, -0.2) is 9.78 Å².